The van der Waals surface area contributed by atoms with Gasteiger partial charge in [0.2, 0.25) is 0 Å². The van der Waals surface area contributed by atoms with E-state index < -0.39 is 0 Å². The minimum atomic E-state index is -0.0998. The highest BCUT2D eigenvalue weighted by Gasteiger charge is 2.21. The van der Waals surface area contributed by atoms with Crippen molar-refractivity contribution in [2.24, 2.45) is 0 Å². The van der Waals surface area contributed by atoms with E-state index in [1.54, 1.807) is 31.3 Å². The minimum absolute atomic E-state index is 0.0998. The van der Waals surface area contributed by atoms with Gasteiger partial charge in [0.15, 0.2) is 11.6 Å². The first-order chi connectivity index (χ1) is 9.99. The van der Waals surface area contributed by atoms with E-state index in [0.29, 0.717) is 23.9 Å². The summed E-state index contributed by atoms with van der Waals surface area (Å²) in [5.74, 6) is 1.27. The normalized spacial score (nSPS) is 10.9. The number of rotatable bonds is 5. The van der Waals surface area contributed by atoms with E-state index in [2.05, 4.69) is 9.97 Å². The lowest BCUT2D eigenvalue weighted by molar-refractivity contribution is 0.0790. The highest BCUT2D eigenvalue weighted by Crippen LogP contribution is 2.18. The maximum absolute atomic E-state index is 12.4. The number of hydrogen-bond donors (Lipinski definition) is 0. The summed E-state index contributed by atoms with van der Waals surface area (Å²) in [6, 6.07) is 3.91. The Bertz CT molecular complexity index is 605. The summed E-state index contributed by atoms with van der Waals surface area (Å²) in [5.41, 5.74) is 1.57. The maximum atomic E-state index is 12.4. The third-order valence-corrected chi connectivity index (χ3v) is 3.34. The van der Waals surface area contributed by atoms with Crippen LogP contribution in [0.4, 0.5) is 0 Å². The van der Waals surface area contributed by atoms with Crippen molar-refractivity contribution in [2.45, 2.75) is 33.1 Å². The van der Waals surface area contributed by atoms with Crippen molar-refractivity contribution < 1.29 is 9.21 Å². The quantitative estimate of drug-likeness (QED) is 0.848. The Morgan fingerprint density at radius 1 is 1.33 bits per heavy atom. The highest BCUT2D eigenvalue weighted by atomic mass is 16.4. The summed E-state index contributed by atoms with van der Waals surface area (Å²) in [5, 5.41) is 0. The van der Waals surface area contributed by atoms with Gasteiger partial charge in [-0.3, -0.25) is 9.78 Å². The summed E-state index contributed by atoms with van der Waals surface area (Å²) in [7, 11) is 1.78. The van der Waals surface area contributed by atoms with E-state index in [0.717, 1.165) is 12.0 Å². The third kappa shape index (κ3) is 3.68. The second-order valence-electron chi connectivity index (χ2n) is 5.44. The van der Waals surface area contributed by atoms with E-state index in [9.17, 15) is 4.79 Å². The van der Waals surface area contributed by atoms with E-state index in [4.69, 9.17) is 4.42 Å². The first-order valence-corrected chi connectivity index (χ1v) is 7.10. The molecule has 0 aromatic carbocycles. The van der Waals surface area contributed by atoms with Gasteiger partial charge in [-0.05, 0) is 31.0 Å². The van der Waals surface area contributed by atoms with Gasteiger partial charge in [-0.2, -0.15) is 0 Å². The Balaban J connectivity index is 2.02. The van der Waals surface area contributed by atoms with Gasteiger partial charge >= 0.3 is 0 Å². The molecule has 1 amide bonds. The van der Waals surface area contributed by atoms with Crippen LogP contribution in [0, 0.1) is 6.92 Å². The van der Waals surface area contributed by atoms with Crippen LogP contribution in [0.2, 0.25) is 0 Å². The zero-order valence-corrected chi connectivity index (χ0v) is 13.0. The average Bonchev–Trinajstić information content (AvgIpc) is 2.87. The summed E-state index contributed by atoms with van der Waals surface area (Å²) in [4.78, 5) is 22.4. The topological polar surface area (TPSA) is 59.2 Å². The predicted molar refractivity (Wildman–Crippen MR) is 80.2 cm³/mol. The molecule has 0 unspecified atom stereocenters. The van der Waals surface area contributed by atoms with Crippen molar-refractivity contribution >= 4 is 5.91 Å². The molecule has 5 nitrogen and oxygen atoms in total. The number of nitrogens with zero attached hydrogens (tertiary/aromatic N) is 3. The molecule has 2 heterocycles. The van der Waals surface area contributed by atoms with Gasteiger partial charge in [-0.25, -0.2) is 4.98 Å². The zero-order valence-electron chi connectivity index (χ0n) is 13.0. The second kappa shape index (κ2) is 6.52. The molecule has 0 radical (unpaired) electrons. The minimum Gasteiger partial charge on any atom is -0.445 e. The molecule has 0 aliphatic heterocycles. The van der Waals surface area contributed by atoms with Crippen LogP contribution in [0.25, 0.3) is 0 Å². The average molecular weight is 287 g/mol. The summed E-state index contributed by atoms with van der Waals surface area (Å²) >= 11 is 0. The van der Waals surface area contributed by atoms with Crippen LogP contribution in [-0.4, -0.2) is 34.4 Å². The van der Waals surface area contributed by atoms with Gasteiger partial charge in [0.25, 0.3) is 5.91 Å². The van der Waals surface area contributed by atoms with Crippen LogP contribution in [0.3, 0.4) is 0 Å². The maximum Gasteiger partial charge on any atom is 0.275 e. The van der Waals surface area contributed by atoms with Crippen molar-refractivity contribution in [3.8, 4) is 0 Å². The molecule has 0 N–H and O–H groups in total. The number of aryl methyl sites for hydroxylation is 1. The van der Waals surface area contributed by atoms with Crippen LogP contribution < -0.4 is 0 Å². The van der Waals surface area contributed by atoms with Gasteiger partial charge < -0.3 is 9.32 Å². The molecule has 5 heteroatoms. The van der Waals surface area contributed by atoms with Crippen LogP contribution in [-0.2, 0) is 6.42 Å². The van der Waals surface area contributed by atoms with E-state index >= 15 is 0 Å². The van der Waals surface area contributed by atoms with Crippen molar-refractivity contribution in [1.29, 1.82) is 0 Å². The lowest BCUT2D eigenvalue weighted by Gasteiger charge is -2.15. The Kier molecular flexibility index (Phi) is 4.73. The van der Waals surface area contributed by atoms with Crippen molar-refractivity contribution in [2.75, 3.05) is 13.6 Å². The van der Waals surface area contributed by atoms with Crippen molar-refractivity contribution in [3.05, 3.63) is 47.4 Å². The number of carbonyl (C=O) groups excluding carboxylic acids is 1. The highest BCUT2D eigenvalue weighted by molar-refractivity contribution is 5.93. The predicted octanol–water partition coefficient (Wildman–Crippen LogP) is 2.82. The molecule has 0 atom stereocenters. The third-order valence-electron chi connectivity index (χ3n) is 3.34. The van der Waals surface area contributed by atoms with Gasteiger partial charge in [-0.1, -0.05) is 13.8 Å². The molecule has 0 aliphatic carbocycles. The van der Waals surface area contributed by atoms with Gasteiger partial charge in [0.1, 0.15) is 5.76 Å². The molecule has 2 aromatic rings. The molecular weight excluding hydrogens is 266 g/mol. The van der Waals surface area contributed by atoms with Gasteiger partial charge in [0.05, 0.1) is 0 Å². The number of likely N-dealkylation sites (N-methyl/N-ethyl adjacent to an activating group) is 1. The number of hydrogen-bond acceptors (Lipinski definition) is 4. The van der Waals surface area contributed by atoms with Crippen molar-refractivity contribution in [1.82, 2.24) is 14.9 Å². The number of carbonyl (C=O) groups is 1. The van der Waals surface area contributed by atoms with Crippen molar-refractivity contribution in [3.63, 3.8) is 0 Å². The fourth-order valence-electron chi connectivity index (χ4n) is 1.99. The number of aromatic nitrogens is 2. The van der Waals surface area contributed by atoms with E-state index in [1.165, 1.54) is 0 Å². The second-order valence-corrected chi connectivity index (χ2v) is 5.44. The molecule has 21 heavy (non-hydrogen) atoms. The fourth-order valence-corrected chi connectivity index (χ4v) is 1.99. The first-order valence-electron chi connectivity index (χ1n) is 7.10. The number of amides is 1. The summed E-state index contributed by atoms with van der Waals surface area (Å²) in [6.07, 6.45) is 4.31. The SMILES string of the molecule is Cc1oc(C(C)C)nc1C(=O)N(C)CCc1ccncc1. The summed E-state index contributed by atoms with van der Waals surface area (Å²) in [6.45, 7) is 6.40. The Morgan fingerprint density at radius 3 is 2.57 bits per heavy atom. The zero-order chi connectivity index (χ0) is 15.4. The molecular formula is C16H21N3O2. The molecule has 0 bridgehead atoms. The smallest absolute Gasteiger partial charge is 0.275 e. The largest absolute Gasteiger partial charge is 0.445 e. The monoisotopic (exact) mass is 287 g/mol. The molecule has 0 saturated heterocycles. The molecule has 112 valence electrons. The van der Waals surface area contributed by atoms with Crippen LogP contribution in [0.15, 0.2) is 28.9 Å². The molecule has 0 spiro atoms. The van der Waals surface area contributed by atoms with Gasteiger partial charge in [-0.15, -0.1) is 0 Å². The fraction of sp³-hybridized carbons (Fsp3) is 0.438. The lowest BCUT2D eigenvalue weighted by Crippen LogP contribution is -2.29. The Hall–Kier alpha value is -2.17. The first kappa shape index (κ1) is 15.2. The molecule has 0 fully saturated rings. The standard InChI is InChI=1S/C16H21N3O2/c1-11(2)15-18-14(12(3)21-15)16(20)19(4)10-7-13-5-8-17-9-6-13/h5-6,8-9,11H,7,10H2,1-4H3. The molecule has 2 rings (SSSR count). The molecule has 2 aromatic heterocycles. The van der Waals surface area contributed by atoms with Crippen LogP contribution in [0.5, 0.6) is 0 Å². The molecule has 0 aliphatic rings. The number of oxazole rings is 1. The summed E-state index contributed by atoms with van der Waals surface area (Å²) < 4.78 is 5.54. The van der Waals surface area contributed by atoms with Crippen LogP contribution in [0.1, 0.15) is 47.5 Å². The van der Waals surface area contributed by atoms with Gasteiger partial charge in [0, 0.05) is 31.9 Å². The lowest BCUT2D eigenvalue weighted by atomic mass is 10.2. The Labute approximate surface area is 125 Å². The van der Waals surface area contributed by atoms with Crippen LogP contribution >= 0.6 is 0 Å². The Morgan fingerprint density at radius 2 is 2.00 bits per heavy atom. The molecule has 0 saturated carbocycles. The number of pyridine rings is 1. The van der Waals surface area contributed by atoms with E-state index in [-0.39, 0.29) is 11.8 Å². The van der Waals surface area contributed by atoms with E-state index in [1.807, 2.05) is 26.0 Å².